The predicted molar refractivity (Wildman–Crippen MR) is 70.8 cm³/mol. The van der Waals surface area contributed by atoms with Gasteiger partial charge in [-0.05, 0) is 39.5 Å². The van der Waals surface area contributed by atoms with E-state index < -0.39 is 5.54 Å². The van der Waals surface area contributed by atoms with Crippen LogP contribution in [0, 0.1) is 0 Å². The van der Waals surface area contributed by atoms with Crippen molar-refractivity contribution in [1.82, 2.24) is 5.06 Å². The van der Waals surface area contributed by atoms with Crippen molar-refractivity contribution in [3.8, 4) is 0 Å². The molecule has 1 fully saturated rings. The number of ether oxygens (including phenoxy) is 2. The lowest BCUT2D eigenvalue weighted by atomic mass is 9.98. The Morgan fingerprint density at radius 3 is 1.83 bits per heavy atom. The summed E-state index contributed by atoms with van der Waals surface area (Å²) < 4.78 is 11.3. The van der Waals surface area contributed by atoms with E-state index in [2.05, 4.69) is 13.8 Å². The Morgan fingerprint density at radius 2 is 1.50 bits per heavy atom. The molecule has 0 aromatic heterocycles. The van der Waals surface area contributed by atoms with Gasteiger partial charge >= 0.3 is 0 Å². The SMILES string of the molecule is CCCOCC1(COCCC)CCC(C)(C)N1[O]. The molecule has 0 aromatic carbocycles. The lowest BCUT2D eigenvalue weighted by Crippen LogP contribution is -2.54. The van der Waals surface area contributed by atoms with Gasteiger partial charge in [-0.1, -0.05) is 13.8 Å². The number of hydrogen-bond acceptors (Lipinski definition) is 3. The van der Waals surface area contributed by atoms with Crippen molar-refractivity contribution >= 4 is 0 Å². The van der Waals surface area contributed by atoms with E-state index in [0.717, 1.165) is 25.7 Å². The second-order valence-electron chi connectivity index (χ2n) is 5.94. The molecule has 0 unspecified atom stereocenters. The second kappa shape index (κ2) is 6.85. The molecule has 1 radical (unpaired) electrons. The fourth-order valence-corrected chi connectivity index (χ4v) is 2.50. The van der Waals surface area contributed by atoms with Crippen molar-refractivity contribution < 1.29 is 14.7 Å². The Labute approximate surface area is 111 Å². The quantitative estimate of drug-likeness (QED) is 0.629. The van der Waals surface area contributed by atoms with Gasteiger partial charge in [0.15, 0.2) is 0 Å². The van der Waals surface area contributed by atoms with Crippen molar-refractivity contribution in [1.29, 1.82) is 0 Å². The molecule has 4 nitrogen and oxygen atoms in total. The van der Waals surface area contributed by atoms with Crippen LogP contribution in [-0.4, -0.2) is 42.6 Å². The van der Waals surface area contributed by atoms with E-state index in [1.807, 2.05) is 13.8 Å². The molecule has 1 aliphatic rings. The zero-order valence-electron chi connectivity index (χ0n) is 12.3. The first-order valence-corrected chi connectivity index (χ1v) is 7.11. The Morgan fingerprint density at radius 1 is 1.00 bits per heavy atom. The summed E-state index contributed by atoms with van der Waals surface area (Å²) in [6, 6.07) is 0. The Kier molecular flexibility index (Phi) is 6.05. The third-order valence-corrected chi connectivity index (χ3v) is 3.62. The maximum Gasteiger partial charge on any atom is 0.0965 e. The van der Waals surface area contributed by atoms with E-state index in [1.54, 1.807) is 0 Å². The third kappa shape index (κ3) is 3.67. The van der Waals surface area contributed by atoms with Crippen LogP contribution in [0.25, 0.3) is 0 Å². The zero-order chi connectivity index (χ0) is 13.6. The first-order valence-electron chi connectivity index (χ1n) is 7.11. The average molecular weight is 258 g/mol. The average Bonchev–Trinajstić information content (AvgIpc) is 2.55. The van der Waals surface area contributed by atoms with Crippen LogP contribution in [0.1, 0.15) is 53.4 Å². The lowest BCUT2D eigenvalue weighted by Gasteiger charge is -2.37. The first-order chi connectivity index (χ1) is 8.48. The van der Waals surface area contributed by atoms with Gasteiger partial charge in [0.1, 0.15) is 0 Å². The molecule has 0 spiro atoms. The Balaban J connectivity index is 2.63. The van der Waals surface area contributed by atoms with Crippen LogP contribution in [0.5, 0.6) is 0 Å². The van der Waals surface area contributed by atoms with Crippen molar-refractivity contribution in [2.45, 2.75) is 64.5 Å². The number of hydrogen-bond donors (Lipinski definition) is 0. The molecule has 0 saturated carbocycles. The molecule has 18 heavy (non-hydrogen) atoms. The standard InChI is InChI=1S/C14H28NO3/c1-5-9-17-11-14(12-18-10-6-2)8-7-13(3,4)15(14)16/h5-12H2,1-4H3. The normalized spacial score (nSPS) is 22.5. The maximum atomic E-state index is 12.5. The highest BCUT2D eigenvalue weighted by Crippen LogP contribution is 2.40. The largest absolute Gasteiger partial charge is 0.379 e. The summed E-state index contributed by atoms with van der Waals surface area (Å²) >= 11 is 0. The minimum absolute atomic E-state index is 0.300. The minimum atomic E-state index is -0.478. The summed E-state index contributed by atoms with van der Waals surface area (Å²) in [5.74, 6) is 0. The smallest absolute Gasteiger partial charge is 0.0965 e. The first kappa shape index (κ1) is 15.9. The van der Waals surface area contributed by atoms with Gasteiger partial charge in [-0.2, -0.15) is 0 Å². The van der Waals surface area contributed by atoms with Gasteiger partial charge in [0.2, 0.25) is 0 Å². The molecule has 0 atom stereocenters. The van der Waals surface area contributed by atoms with Crippen LogP contribution in [0.4, 0.5) is 0 Å². The monoisotopic (exact) mass is 258 g/mol. The molecule has 1 rings (SSSR count). The van der Waals surface area contributed by atoms with E-state index in [1.165, 1.54) is 5.06 Å². The van der Waals surface area contributed by atoms with Gasteiger partial charge in [0.05, 0.1) is 18.8 Å². The number of rotatable bonds is 8. The van der Waals surface area contributed by atoms with Crippen molar-refractivity contribution in [3.05, 3.63) is 0 Å². The summed E-state index contributed by atoms with van der Waals surface area (Å²) in [4.78, 5) is 0. The van der Waals surface area contributed by atoms with Gasteiger partial charge in [0.25, 0.3) is 0 Å². The van der Waals surface area contributed by atoms with E-state index in [9.17, 15) is 5.21 Å². The van der Waals surface area contributed by atoms with E-state index in [-0.39, 0.29) is 5.54 Å². The van der Waals surface area contributed by atoms with Crippen LogP contribution >= 0.6 is 0 Å². The molecule has 4 heteroatoms. The van der Waals surface area contributed by atoms with Gasteiger partial charge in [-0.25, -0.2) is 0 Å². The van der Waals surface area contributed by atoms with Crippen LogP contribution in [0.2, 0.25) is 0 Å². The van der Waals surface area contributed by atoms with Crippen LogP contribution in [0.15, 0.2) is 0 Å². The summed E-state index contributed by atoms with van der Waals surface area (Å²) in [7, 11) is 0. The fraction of sp³-hybridized carbons (Fsp3) is 1.00. The summed E-state index contributed by atoms with van der Waals surface area (Å²) in [6.07, 6.45) is 3.72. The highest BCUT2D eigenvalue weighted by molar-refractivity contribution is 5.01. The third-order valence-electron chi connectivity index (χ3n) is 3.62. The summed E-state index contributed by atoms with van der Waals surface area (Å²) in [6.45, 7) is 10.5. The lowest BCUT2D eigenvalue weighted by molar-refractivity contribution is -0.273. The molecular weight excluding hydrogens is 230 g/mol. The van der Waals surface area contributed by atoms with Crippen molar-refractivity contribution in [3.63, 3.8) is 0 Å². The zero-order valence-corrected chi connectivity index (χ0v) is 12.3. The molecule has 0 N–H and O–H groups in total. The van der Waals surface area contributed by atoms with Crippen LogP contribution in [-0.2, 0) is 14.7 Å². The van der Waals surface area contributed by atoms with E-state index in [4.69, 9.17) is 9.47 Å². The summed E-state index contributed by atoms with van der Waals surface area (Å²) in [5.41, 5.74) is -0.779. The van der Waals surface area contributed by atoms with E-state index >= 15 is 0 Å². The topological polar surface area (TPSA) is 41.6 Å². The Bertz CT molecular complexity index is 233. The predicted octanol–water partition coefficient (Wildman–Crippen LogP) is 2.80. The summed E-state index contributed by atoms with van der Waals surface area (Å²) in [5, 5.41) is 13.7. The molecular formula is C14H28NO3. The Hall–Kier alpha value is -0.160. The molecule has 1 aliphatic heterocycles. The molecule has 1 heterocycles. The molecule has 0 aliphatic carbocycles. The minimum Gasteiger partial charge on any atom is -0.379 e. The highest BCUT2D eigenvalue weighted by atomic mass is 16.5. The van der Waals surface area contributed by atoms with Crippen molar-refractivity contribution in [2.24, 2.45) is 0 Å². The molecule has 107 valence electrons. The molecule has 0 aromatic rings. The highest BCUT2D eigenvalue weighted by Gasteiger charge is 2.51. The van der Waals surface area contributed by atoms with Crippen molar-refractivity contribution in [2.75, 3.05) is 26.4 Å². The number of nitrogens with zero attached hydrogens (tertiary/aromatic N) is 1. The van der Waals surface area contributed by atoms with Gasteiger partial charge < -0.3 is 9.47 Å². The molecule has 0 amide bonds. The van der Waals surface area contributed by atoms with Gasteiger partial charge in [0, 0.05) is 18.8 Å². The van der Waals surface area contributed by atoms with Crippen LogP contribution in [0.3, 0.4) is 0 Å². The number of hydroxylamine groups is 2. The van der Waals surface area contributed by atoms with Gasteiger partial charge in [-0.3, -0.25) is 0 Å². The van der Waals surface area contributed by atoms with E-state index in [0.29, 0.717) is 26.4 Å². The fourth-order valence-electron chi connectivity index (χ4n) is 2.50. The van der Waals surface area contributed by atoms with Gasteiger partial charge in [-0.15, -0.1) is 10.3 Å². The second-order valence-corrected chi connectivity index (χ2v) is 5.94. The van der Waals surface area contributed by atoms with Crippen LogP contribution < -0.4 is 0 Å². The molecule has 1 saturated heterocycles. The molecule has 0 bridgehead atoms. The maximum absolute atomic E-state index is 12.5.